The van der Waals surface area contributed by atoms with Crippen molar-refractivity contribution in [1.82, 2.24) is 10.3 Å². The molecule has 5 nitrogen and oxygen atoms in total. The van der Waals surface area contributed by atoms with Crippen molar-refractivity contribution in [2.45, 2.75) is 6.54 Å². The van der Waals surface area contributed by atoms with Crippen LogP contribution in [0.1, 0.15) is 15.9 Å². The molecule has 1 amide bonds. The number of furan rings is 1. The van der Waals surface area contributed by atoms with E-state index in [4.69, 9.17) is 4.42 Å². The SMILES string of the molecule is O=C(NCc1ccoc1)c1ccc(-c2ccccc2)[nH]c1=O. The molecule has 22 heavy (non-hydrogen) atoms. The lowest BCUT2D eigenvalue weighted by molar-refractivity contribution is 0.0949. The topological polar surface area (TPSA) is 75.1 Å². The summed E-state index contributed by atoms with van der Waals surface area (Å²) < 4.78 is 4.92. The largest absolute Gasteiger partial charge is 0.472 e. The van der Waals surface area contributed by atoms with E-state index < -0.39 is 11.5 Å². The van der Waals surface area contributed by atoms with Gasteiger partial charge in [-0.1, -0.05) is 30.3 Å². The fraction of sp³-hybridized carbons (Fsp3) is 0.0588. The van der Waals surface area contributed by atoms with Gasteiger partial charge in [0, 0.05) is 17.8 Å². The molecule has 3 aromatic rings. The number of amides is 1. The molecule has 2 N–H and O–H groups in total. The third kappa shape index (κ3) is 2.98. The predicted molar refractivity (Wildman–Crippen MR) is 82.4 cm³/mol. The van der Waals surface area contributed by atoms with E-state index in [1.165, 1.54) is 12.3 Å². The highest BCUT2D eigenvalue weighted by Gasteiger charge is 2.11. The molecule has 2 aromatic heterocycles. The van der Waals surface area contributed by atoms with Gasteiger partial charge >= 0.3 is 0 Å². The van der Waals surface area contributed by atoms with E-state index in [0.717, 1.165) is 11.1 Å². The predicted octanol–water partition coefficient (Wildman–Crippen LogP) is 2.56. The monoisotopic (exact) mass is 294 g/mol. The first-order valence-corrected chi connectivity index (χ1v) is 6.82. The Kier molecular flexibility index (Phi) is 3.87. The van der Waals surface area contributed by atoms with E-state index in [-0.39, 0.29) is 5.56 Å². The molecule has 3 rings (SSSR count). The van der Waals surface area contributed by atoms with Crippen molar-refractivity contribution >= 4 is 5.91 Å². The van der Waals surface area contributed by atoms with Crippen molar-refractivity contribution in [1.29, 1.82) is 0 Å². The fourth-order valence-electron chi connectivity index (χ4n) is 2.11. The molecule has 0 bridgehead atoms. The molecule has 0 fully saturated rings. The number of aromatic amines is 1. The summed E-state index contributed by atoms with van der Waals surface area (Å²) in [5.41, 5.74) is 2.09. The standard InChI is InChI=1S/C17H14N2O3/c20-16(18-10-12-8-9-22-11-12)14-6-7-15(19-17(14)21)13-4-2-1-3-5-13/h1-9,11H,10H2,(H,18,20)(H,19,21). The second kappa shape index (κ2) is 6.13. The van der Waals surface area contributed by atoms with Crippen LogP contribution >= 0.6 is 0 Å². The van der Waals surface area contributed by atoms with Gasteiger partial charge in [-0.2, -0.15) is 0 Å². The van der Waals surface area contributed by atoms with E-state index >= 15 is 0 Å². The molecule has 0 aliphatic carbocycles. The van der Waals surface area contributed by atoms with Gasteiger partial charge in [0.15, 0.2) is 0 Å². The van der Waals surface area contributed by atoms with Gasteiger partial charge in [-0.3, -0.25) is 9.59 Å². The molecule has 110 valence electrons. The van der Waals surface area contributed by atoms with Crippen LogP contribution in [0.4, 0.5) is 0 Å². The minimum atomic E-state index is -0.415. The summed E-state index contributed by atoms with van der Waals surface area (Å²) in [6.45, 7) is 0.315. The van der Waals surface area contributed by atoms with E-state index in [0.29, 0.717) is 12.2 Å². The van der Waals surface area contributed by atoms with E-state index in [9.17, 15) is 9.59 Å². The van der Waals surface area contributed by atoms with Crippen LogP contribution in [0.15, 0.2) is 70.3 Å². The second-order valence-electron chi connectivity index (χ2n) is 4.80. The van der Waals surface area contributed by atoms with Crippen molar-refractivity contribution in [2.75, 3.05) is 0 Å². The lowest BCUT2D eigenvalue weighted by Gasteiger charge is -2.05. The number of pyridine rings is 1. The number of hydrogen-bond acceptors (Lipinski definition) is 3. The number of carbonyl (C=O) groups is 1. The van der Waals surface area contributed by atoms with Crippen molar-refractivity contribution in [3.05, 3.63) is 82.5 Å². The third-order valence-corrected chi connectivity index (χ3v) is 3.27. The van der Waals surface area contributed by atoms with Crippen molar-refractivity contribution in [2.24, 2.45) is 0 Å². The van der Waals surface area contributed by atoms with Gasteiger partial charge in [0.2, 0.25) is 0 Å². The maximum Gasteiger partial charge on any atom is 0.261 e. The van der Waals surface area contributed by atoms with Gasteiger partial charge in [-0.15, -0.1) is 0 Å². The Hall–Kier alpha value is -3.08. The first kappa shape index (κ1) is 13.9. The maximum absolute atomic E-state index is 12.1. The molecular weight excluding hydrogens is 280 g/mol. The van der Waals surface area contributed by atoms with Crippen molar-refractivity contribution in [3.63, 3.8) is 0 Å². The van der Waals surface area contributed by atoms with Crippen LogP contribution in [0.25, 0.3) is 11.3 Å². The van der Waals surface area contributed by atoms with Crippen LogP contribution in [0.2, 0.25) is 0 Å². The number of hydrogen-bond donors (Lipinski definition) is 2. The third-order valence-electron chi connectivity index (χ3n) is 3.27. The molecule has 0 spiro atoms. The molecule has 5 heteroatoms. The fourth-order valence-corrected chi connectivity index (χ4v) is 2.11. The normalized spacial score (nSPS) is 10.4. The number of rotatable bonds is 4. The molecule has 2 heterocycles. The Morgan fingerprint density at radius 3 is 2.59 bits per heavy atom. The smallest absolute Gasteiger partial charge is 0.261 e. The van der Waals surface area contributed by atoms with Crippen LogP contribution in [0.5, 0.6) is 0 Å². The van der Waals surface area contributed by atoms with E-state index in [2.05, 4.69) is 10.3 Å². The molecular formula is C17H14N2O3. The van der Waals surface area contributed by atoms with Crippen LogP contribution < -0.4 is 10.9 Å². The Bertz CT molecular complexity index is 821. The minimum absolute atomic E-state index is 0.0863. The molecule has 0 saturated heterocycles. The Labute approximate surface area is 126 Å². The molecule has 0 radical (unpaired) electrons. The van der Waals surface area contributed by atoms with Crippen LogP contribution in [0, 0.1) is 0 Å². The van der Waals surface area contributed by atoms with Crippen molar-refractivity contribution in [3.8, 4) is 11.3 Å². The van der Waals surface area contributed by atoms with Gasteiger partial charge in [-0.05, 0) is 23.8 Å². The lowest BCUT2D eigenvalue weighted by Crippen LogP contribution is -2.29. The Morgan fingerprint density at radius 1 is 1.09 bits per heavy atom. The summed E-state index contributed by atoms with van der Waals surface area (Å²) >= 11 is 0. The van der Waals surface area contributed by atoms with E-state index in [1.807, 2.05) is 30.3 Å². The first-order chi connectivity index (χ1) is 10.7. The average Bonchev–Trinajstić information content (AvgIpc) is 3.07. The summed E-state index contributed by atoms with van der Waals surface area (Å²) in [7, 11) is 0. The van der Waals surface area contributed by atoms with Gasteiger partial charge in [0.1, 0.15) is 5.56 Å². The number of carbonyl (C=O) groups excluding carboxylic acids is 1. The van der Waals surface area contributed by atoms with Crippen LogP contribution in [-0.2, 0) is 6.54 Å². The van der Waals surface area contributed by atoms with E-state index in [1.54, 1.807) is 18.4 Å². The summed E-state index contributed by atoms with van der Waals surface area (Å²) in [5.74, 6) is -0.415. The highest BCUT2D eigenvalue weighted by molar-refractivity contribution is 5.94. The molecule has 0 unspecified atom stereocenters. The summed E-state index contributed by atoms with van der Waals surface area (Å²) in [4.78, 5) is 26.9. The number of nitrogens with one attached hydrogen (secondary N) is 2. The zero-order chi connectivity index (χ0) is 15.4. The number of benzene rings is 1. The zero-order valence-electron chi connectivity index (χ0n) is 11.7. The average molecular weight is 294 g/mol. The van der Waals surface area contributed by atoms with Crippen LogP contribution in [0.3, 0.4) is 0 Å². The lowest BCUT2D eigenvalue weighted by atomic mass is 10.1. The van der Waals surface area contributed by atoms with Gasteiger partial charge < -0.3 is 14.7 Å². The van der Waals surface area contributed by atoms with Gasteiger partial charge in [0.05, 0.1) is 12.5 Å². The highest BCUT2D eigenvalue weighted by Crippen LogP contribution is 2.14. The minimum Gasteiger partial charge on any atom is -0.472 e. The number of aromatic nitrogens is 1. The zero-order valence-corrected chi connectivity index (χ0v) is 11.7. The van der Waals surface area contributed by atoms with Crippen LogP contribution in [-0.4, -0.2) is 10.9 Å². The van der Waals surface area contributed by atoms with Gasteiger partial charge in [-0.25, -0.2) is 0 Å². The quantitative estimate of drug-likeness (QED) is 0.776. The van der Waals surface area contributed by atoms with Gasteiger partial charge in [0.25, 0.3) is 11.5 Å². The molecule has 0 atom stereocenters. The maximum atomic E-state index is 12.1. The number of H-pyrrole nitrogens is 1. The summed E-state index contributed by atoms with van der Waals surface area (Å²) in [6.07, 6.45) is 3.08. The van der Waals surface area contributed by atoms with Crippen molar-refractivity contribution < 1.29 is 9.21 Å². The first-order valence-electron chi connectivity index (χ1n) is 6.82. The molecule has 0 saturated carbocycles. The Morgan fingerprint density at radius 2 is 1.91 bits per heavy atom. The second-order valence-corrected chi connectivity index (χ2v) is 4.80. The molecule has 0 aliphatic heterocycles. The highest BCUT2D eigenvalue weighted by atomic mass is 16.3. The molecule has 1 aromatic carbocycles. The summed E-state index contributed by atoms with van der Waals surface area (Å²) in [6, 6.07) is 14.5. The molecule has 0 aliphatic rings. The summed E-state index contributed by atoms with van der Waals surface area (Å²) in [5, 5.41) is 2.68. The Balaban J connectivity index is 1.77.